The highest BCUT2D eigenvalue weighted by molar-refractivity contribution is 5.39. The predicted molar refractivity (Wildman–Crippen MR) is 68.0 cm³/mol. The van der Waals surface area contributed by atoms with Crippen LogP contribution in [0.1, 0.15) is 24.5 Å². The van der Waals surface area contributed by atoms with Gasteiger partial charge in [-0.1, -0.05) is 24.8 Å². The van der Waals surface area contributed by atoms with Crippen LogP contribution in [0.5, 0.6) is 0 Å². The number of aliphatic hydroxyl groups excluding tert-OH is 1. The van der Waals surface area contributed by atoms with Crippen molar-refractivity contribution < 1.29 is 5.11 Å². The number of nitriles is 1. The zero-order chi connectivity index (χ0) is 12.7. The number of rotatable bonds is 3. The van der Waals surface area contributed by atoms with E-state index in [0.717, 1.165) is 5.56 Å². The Labute approximate surface area is 102 Å². The van der Waals surface area contributed by atoms with Crippen LogP contribution >= 0.6 is 0 Å². The SMILES string of the molecule is C=C[C@@H](C)[C@@H](O)CC#Cc1ccc(C#N)cc1. The van der Waals surface area contributed by atoms with Crippen LogP contribution < -0.4 is 0 Å². The van der Waals surface area contributed by atoms with Gasteiger partial charge in [0.05, 0.1) is 17.7 Å². The van der Waals surface area contributed by atoms with Crippen LogP contribution in [-0.4, -0.2) is 11.2 Å². The zero-order valence-corrected chi connectivity index (χ0v) is 9.85. The average molecular weight is 225 g/mol. The summed E-state index contributed by atoms with van der Waals surface area (Å²) in [6.07, 6.45) is 1.67. The molecular formula is C15H15NO. The molecule has 0 saturated heterocycles. The molecule has 1 aromatic rings. The van der Waals surface area contributed by atoms with Gasteiger partial charge in [-0.15, -0.1) is 6.58 Å². The number of nitrogens with zero attached hydrogens (tertiary/aromatic N) is 1. The van der Waals surface area contributed by atoms with Crippen LogP contribution in [0.4, 0.5) is 0 Å². The van der Waals surface area contributed by atoms with Crippen LogP contribution in [0.2, 0.25) is 0 Å². The molecule has 0 radical (unpaired) electrons. The van der Waals surface area contributed by atoms with E-state index in [-0.39, 0.29) is 5.92 Å². The van der Waals surface area contributed by atoms with Crippen molar-refractivity contribution in [3.63, 3.8) is 0 Å². The molecule has 0 saturated carbocycles. The van der Waals surface area contributed by atoms with Gasteiger partial charge in [-0.2, -0.15) is 5.26 Å². The summed E-state index contributed by atoms with van der Waals surface area (Å²) in [5, 5.41) is 18.3. The van der Waals surface area contributed by atoms with Crippen LogP contribution in [0.25, 0.3) is 0 Å². The fourth-order valence-corrected chi connectivity index (χ4v) is 1.23. The second kappa shape index (κ2) is 6.53. The molecule has 1 aromatic carbocycles. The van der Waals surface area contributed by atoms with Gasteiger partial charge < -0.3 is 5.11 Å². The van der Waals surface area contributed by atoms with E-state index in [1.165, 1.54) is 0 Å². The fourth-order valence-electron chi connectivity index (χ4n) is 1.23. The summed E-state index contributed by atoms with van der Waals surface area (Å²) in [5.74, 6) is 5.92. The Bertz CT molecular complexity index is 470. The molecule has 0 bridgehead atoms. The molecule has 86 valence electrons. The van der Waals surface area contributed by atoms with Gasteiger partial charge in [0.2, 0.25) is 0 Å². The summed E-state index contributed by atoms with van der Waals surface area (Å²) in [7, 11) is 0. The molecule has 2 atom stereocenters. The molecule has 1 N–H and O–H groups in total. The summed E-state index contributed by atoms with van der Waals surface area (Å²) in [4.78, 5) is 0. The van der Waals surface area contributed by atoms with Gasteiger partial charge in [0.15, 0.2) is 0 Å². The number of hydrogen-bond acceptors (Lipinski definition) is 2. The molecule has 17 heavy (non-hydrogen) atoms. The highest BCUT2D eigenvalue weighted by Crippen LogP contribution is 2.07. The van der Waals surface area contributed by atoms with Crippen molar-refractivity contribution in [2.24, 2.45) is 5.92 Å². The summed E-state index contributed by atoms with van der Waals surface area (Å²) in [6.45, 7) is 5.53. The van der Waals surface area contributed by atoms with Crippen molar-refractivity contribution in [2.75, 3.05) is 0 Å². The van der Waals surface area contributed by atoms with Gasteiger partial charge in [0.1, 0.15) is 0 Å². The smallest absolute Gasteiger partial charge is 0.0991 e. The summed E-state index contributed by atoms with van der Waals surface area (Å²) < 4.78 is 0. The van der Waals surface area contributed by atoms with Crippen molar-refractivity contribution in [3.8, 4) is 17.9 Å². The van der Waals surface area contributed by atoms with E-state index in [2.05, 4.69) is 24.5 Å². The van der Waals surface area contributed by atoms with Crippen LogP contribution in [-0.2, 0) is 0 Å². The molecule has 1 rings (SSSR count). The first-order valence-electron chi connectivity index (χ1n) is 5.47. The number of aliphatic hydroxyl groups is 1. The Hall–Kier alpha value is -2.03. The van der Waals surface area contributed by atoms with Crippen molar-refractivity contribution in [1.29, 1.82) is 5.26 Å². The van der Waals surface area contributed by atoms with E-state index < -0.39 is 6.10 Å². The van der Waals surface area contributed by atoms with E-state index in [1.54, 1.807) is 30.3 Å². The summed E-state index contributed by atoms with van der Waals surface area (Å²) in [5.41, 5.74) is 1.47. The molecule has 0 heterocycles. The molecule has 0 amide bonds. The molecule has 0 fully saturated rings. The first-order chi connectivity index (χ1) is 8.17. The van der Waals surface area contributed by atoms with Gasteiger partial charge in [-0.3, -0.25) is 0 Å². The van der Waals surface area contributed by atoms with Crippen LogP contribution in [0.15, 0.2) is 36.9 Å². The number of hydrogen-bond donors (Lipinski definition) is 1. The minimum absolute atomic E-state index is 0.0465. The first-order valence-corrected chi connectivity index (χ1v) is 5.47. The Kier molecular flexibility index (Phi) is 5.01. The average Bonchev–Trinajstić information content (AvgIpc) is 2.38. The van der Waals surface area contributed by atoms with E-state index in [1.807, 2.05) is 6.92 Å². The molecule has 0 aromatic heterocycles. The third-order valence-corrected chi connectivity index (χ3v) is 2.54. The Morgan fingerprint density at radius 1 is 1.35 bits per heavy atom. The quantitative estimate of drug-likeness (QED) is 0.634. The van der Waals surface area contributed by atoms with Gasteiger partial charge in [0.25, 0.3) is 0 Å². The van der Waals surface area contributed by atoms with E-state index in [9.17, 15) is 5.11 Å². The second-order valence-corrected chi connectivity index (χ2v) is 3.86. The van der Waals surface area contributed by atoms with Crippen molar-refractivity contribution in [2.45, 2.75) is 19.4 Å². The van der Waals surface area contributed by atoms with Gasteiger partial charge in [0, 0.05) is 17.9 Å². The minimum atomic E-state index is -0.474. The fraction of sp³-hybridized carbons (Fsp3) is 0.267. The van der Waals surface area contributed by atoms with Gasteiger partial charge >= 0.3 is 0 Å². The standard InChI is InChI=1S/C15H15NO/c1-3-12(2)15(17)6-4-5-13-7-9-14(11-16)10-8-13/h3,7-10,12,15,17H,1,6H2,2H3/t12-,15+/m1/s1. The zero-order valence-electron chi connectivity index (χ0n) is 9.85. The lowest BCUT2D eigenvalue weighted by atomic mass is 10.0. The molecule has 0 unspecified atom stereocenters. The van der Waals surface area contributed by atoms with E-state index >= 15 is 0 Å². The Balaban J connectivity index is 2.60. The highest BCUT2D eigenvalue weighted by Gasteiger charge is 2.07. The molecule has 0 aliphatic carbocycles. The van der Waals surface area contributed by atoms with Crippen LogP contribution in [0, 0.1) is 29.1 Å². The molecule has 0 aliphatic heterocycles. The van der Waals surface area contributed by atoms with Crippen LogP contribution in [0.3, 0.4) is 0 Å². The van der Waals surface area contributed by atoms with E-state index in [0.29, 0.717) is 12.0 Å². The van der Waals surface area contributed by atoms with E-state index in [4.69, 9.17) is 5.26 Å². The molecule has 2 nitrogen and oxygen atoms in total. The van der Waals surface area contributed by atoms with Crippen molar-refractivity contribution >= 4 is 0 Å². The normalized spacial score (nSPS) is 12.8. The van der Waals surface area contributed by atoms with Crippen molar-refractivity contribution in [1.82, 2.24) is 0 Å². The Morgan fingerprint density at radius 3 is 2.47 bits per heavy atom. The summed E-state index contributed by atoms with van der Waals surface area (Å²) >= 11 is 0. The first kappa shape index (κ1) is 13.0. The highest BCUT2D eigenvalue weighted by atomic mass is 16.3. The molecular weight excluding hydrogens is 210 g/mol. The van der Waals surface area contributed by atoms with Gasteiger partial charge in [-0.05, 0) is 24.3 Å². The maximum absolute atomic E-state index is 9.66. The third kappa shape index (κ3) is 4.15. The predicted octanol–water partition coefficient (Wildman–Crippen LogP) is 2.48. The lowest BCUT2D eigenvalue weighted by molar-refractivity contribution is 0.143. The minimum Gasteiger partial charge on any atom is -0.392 e. The third-order valence-electron chi connectivity index (χ3n) is 2.54. The monoisotopic (exact) mass is 225 g/mol. The topological polar surface area (TPSA) is 44.0 Å². The molecule has 0 aliphatic rings. The lowest BCUT2D eigenvalue weighted by Crippen LogP contribution is -2.14. The lowest BCUT2D eigenvalue weighted by Gasteiger charge is -2.10. The molecule has 2 heteroatoms. The maximum Gasteiger partial charge on any atom is 0.0991 e. The van der Waals surface area contributed by atoms with Crippen molar-refractivity contribution in [3.05, 3.63) is 48.0 Å². The van der Waals surface area contributed by atoms with Gasteiger partial charge in [-0.25, -0.2) is 0 Å². The largest absolute Gasteiger partial charge is 0.392 e. The Morgan fingerprint density at radius 2 is 1.94 bits per heavy atom. The second-order valence-electron chi connectivity index (χ2n) is 3.86. The number of benzene rings is 1. The maximum atomic E-state index is 9.66. The summed E-state index contributed by atoms with van der Waals surface area (Å²) in [6, 6.07) is 9.11. The molecule has 0 spiro atoms.